The molecule has 1 N–H and O–H groups in total. The largest absolute Gasteiger partial charge is 0.382 e. The Morgan fingerprint density at radius 2 is 1.90 bits per heavy atom. The average Bonchev–Trinajstić information content (AvgIpc) is 2.79. The van der Waals surface area contributed by atoms with Crippen molar-refractivity contribution in [3.8, 4) is 0 Å². The summed E-state index contributed by atoms with van der Waals surface area (Å²) in [6.45, 7) is 7.17. The van der Waals surface area contributed by atoms with Crippen molar-refractivity contribution in [2.24, 2.45) is 5.92 Å². The van der Waals surface area contributed by atoms with Crippen LogP contribution in [0.25, 0.3) is 0 Å². The molecule has 0 amide bonds. The van der Waals surface area contributed by atoms with Gasteiger partial charge in [-0.1, -0.05) is 38.1 Å². The van der Waals surface area contributed by atoms with Gasteiger partial charge < -0.3 is 5.11 Å². The lowest BCUT2D eigenvalue weighted by Gasteiger charge is -2.14. The van der Waals surface area contributed by atoms with E-state index in [2.05, 4.69) is 47.0 Å². The highest BCUT2D eigenvalue weighted by atomic mass is 79.9. The molecular weight excluding hydrogens is 316 g/mol. The zero-order valence-electron chi connectivity index (χ0n) is 12.2. The molecule has 0 aliphatic carbocycles. The van der Waals surface area contributed by atoms with Crippen molar-refractivity contribution in [1.29, 1.82) is 0 Å². The monoisotopic (exact) mass is 336 g/mol. The molecule has 0 spiro atoms. The molecular formula is C16H21BrN2O. The molecule has 0 aliphatic rings. The smallest absolute Gasteiger partial charge is 0.122 e. The standard InChI is InChI=1S/C16H21BrN2O/c1-4-19-15(14(17)10-18-19)16(20)13-7-5-12(6-8-13)9-11(2)3/h5-8,10-11,16,20H,4,9H2,1-3H3. The summed E-state index contributed by atoms with van der Waals surface area (Å²) in [7, 11) is 0. The van der Waals surface area contributed by atoms with Gasteiger partial charge in [0.15, 0.2) is 0 Å². The van der Waals surface area contributed by atoms with Crippen LogP contribution in [0.5, 0.6) is 0 Å². The number of aromatic nitrogens is 2. The van der Waals surface area contributed by atoms with Crippen LogP contribution < -0.4 is 0 Å². The molecule has 108 valence electrons. The molecule has 4 heteroatoms. The Morgan fingerprint density at radius 1 is 1.25 bits per heavy atom. The fraction of sp³-hybridized carbons (Fsp3) is 0.438. The van der Waals surface area contributed by atoms with Gasteiger partial charge in [-0.2, -0.15) is 5.10 Å². The average molecular weight is 337 g/mol. The zero-order valence-corrected chi connectivity index (χ0v) is 13.8. The second-order valence-electron chi connectivity index (χ2n) is 5.44. The maximum Gasteiger partial charge on any atom is 0.122 e. The molecule has 0 bridgehead atoms. The molecule has 0 aliphatic heterocycles. The highest BCUT2D eigenvalue weighted by Crippen LogP contribution is 2.28. The van der Waals surface area contributed by atoms with E-state index in [1.54, 1.807) is 6.20 Å². The molecule has 1 unspecified atom stereocenters. The van der Waals surface area contributed by atoms with Crippen molar-refractivity contribution >= 4 is 15.9 Å². The minimum Gasteiger partial charge on any atom is -0.382 e. The van der Waals surface area contributed by atoms with E-state index >= 15 is 0 Å². The van der Waals surface area contributed by atoms with E-state index in [1.165, 1.54) is 5.56 Å². The first-order valence-corrected chi connectivity index (χ1v) is 7.80. The van der Waals surface area contributed by atoms with Crippen molar-refractivity contribution in [3.05, 3.63) is 51.8 Å². The maximum absolute atomic E-state index is 10.6. The van der Waals surface area contributed by atoms with Crippen LogP contribution in [0.1, 0.15) is 43.7 Å². The van der Waals surface area contributed by atoms with E-state index in [-0.39, 0.29) is 0 Å². The van der Waals surface area contributed by atoms with Gasteiger partial charge in [0, 0.05) is 6.54 Å². The predicted molar refractivity (Wildman–Crippen MR) is 84.6 cm³/mol. The van der Waals surface area contributed by atoms with Crippen LogP contribution in [-0.2, 0) is 13.0 Å². The Morgan fingerprint density at radius 3 is 2.45 bits per heavy atom. The zero-order chi connectivity index (χ0) is 14.7. The fourth-order valence-corrected chi connectivity index (χ4v) is 2.87. The molecule has 2 aromatic rings. The van der Waals surface area contributed by atoms with Crippen LogP contribution in [0.3, 0.4) is 0 Å². The summed E-state index contributed by atoms with van der Waals surface area (Å²) in [5.74, 6) is 0.640. The van der Waals surface area contributed by atoms with Gasteiger partial charge in [0.25, 0.3) is 0 Å². The number of aliphatic hydroxyl groups excluding tert-OH is 1. The molecule has 0 radical (unpaired) electrons. The first-order chi connectivity index (χ1) is 9.52. The Bertz CT molecular complexity index is 560. The quantitative estimate of drug-likeness (QED) is 0.897. The number of hydrogen-bond acceptors (Lipinski definition) is 2. The van der Waals surface area contributed by atoms with Crippen molar-refractivity contribution < 1.29 is 5.11 Å². The van der Waals surface area contributed by atoms with E-state index in [9.17, 15) is 5.11 Å². The molecule has 0 saturated carbocycles. The second-order valence-corrected chi connectivity index (χ2v) is 6.29. The molecule has 3 nitrogen and oxygen atoms in total. The number of halogens is 1. The Kier molecular flexibility index (Phi) is 5.00. The van der Waals surface area contributed by atoms with Gasteiger partial charge in [-0.25, -0.2) is 0 Å². The highest BCUT2D eigenvalue weighted by Gasteiger charge is 2.18. The summed E-state index contributed by atoms with van der Waals surface area (Å²) in [4.78, 5) is 0. The third-order valence-corrected chi connectivity index (χ3v) is 3.94. The lowest BCUT2D eigenvalue weighted by atomic mass is 9.99. The Balaban J connectivity index is 2.24. The van der Waals surface area contributed by atoms with Crippen molar-refractivity contribution in [2.45, 2.75) is 39.8 Å². The third kappa shape index (κ3) is 3.30. The molecule has 0 saturated heterocycles. The van der Waals surface area contributed by atoms with Gasteiger partial charge in [0.2, 0.25) is 0 Å². The van der Waals surface area contributed by atoms with E-state index < -0.39 is 6.10 Å². The first kappa shape index (κ1) is 15.3. The molecule has 20 heavy (non-hydrogen) atoms. The van der Waals surface area contributed by atoms with Crippen LogP contribution in [0.2, 0.25) is 0 Å². The molecule has 0 fully saturated rings. The lowest BCUT2D eigenvalue weighted by molar-refractivity contribution is 0.207. The summed E-state index contributed by atoms with van der Waals surface area (Å²) in [6, 6.07) is 8.20. The molecule has 1 atom stereocenters. The van der Waals surface area contributed by atoms with Gasteiger partial charge in [-0.3, -0.25) is 4.68 Å². The summed E-state index contributed by atoms with van der Waals surface area (Å²) in [5.41, 5.74) is 3.01. The molecule has 1 heterocycles. The van der Waals surface area contributed by atoms with Crippen molar-refractivity contribution in [2.75, 3.05) is 0 Å². The van der Waals surface area contributed by atoms with E-state index in [1.807, 2.05) is 23.7 Å². The first-order valence-electron chi connectivity index (χ1n) is 7.01. The van der Waals surface area contributed by atoms with E-state index in [0.29, 0.717) is 5.92 Å². The number of aryl methyl sites for hydroxylation is 1. The SMILES string of the molecule is CCn1ncc(Br)c1C(O)c1ccc(CC(C)C)cc1. The molecule has 1 aromatic heterocycles. The van der Waals surface area contributed by atoms with Gasteiger partial charge in [0.1, 0.15) is 6.10 Å². The predicted octanol–water partition coefficient (Wildman–Crippen LogP) is 3.95. The minimum atomic E-state index is -0.653. The summed E-state index contributed by atoms with van der Waals surface area (Å²) in [5, 5.41) is 14.8. The summed E-state index contributed by atoms with van der Waals surface area (Å²) in [6.07, 6.45) is 2.14. The van der Waals surface area contributed by atoms with Crippen molar-refractivity contribution in [3.63, 3.8) is 0 Å². The highest BCUT2D eigenvalue weighted by molar-refractivity contribution is 9.10. The van der Waals surface area contributed by atoms with Gasteiger partial charge >= 0.3 is 0 Å². The maximum atomic E-state index is 10.6. The topological polar surface area (TPSA) is 38.0 Å². The molecule has 1 aromatic carbocycles. The Hall–Kier alpha value is -1.13. The number of aliphatic hydroxyl groups is 1. The van der Waals surface area contributed by atoms with E-state index in [0.717, 1.165) is 28.7 Å². The number of rotatable bonds is 5. The number of nitrogens with zero attached hydrogens (tertiary/aromatic N) is 2. The Labute approximate surface area is 128 Å². The minimum absolute atomic E-state index is 0.640. The summed E-state index contributed by atoms with van der Waals surface area (Å²) >= 11 is 3.46. The van der Waals surface area contributed by atoms with Crippen LogP contribution in [-0.4, -0.2) is 14.9 Å². The second kappa shape index (κ2) is 6.55. The van der Waals surface area contributed by atoms with Gasteiger partial charge in [-0.05, 0) is 46.3 Å². The lowest BCUT2D eigenvalue weighted by Crippen LogP contribution is -2.09. The molecule has 2 rings (SSSR count). The van der Waals surface area contributed by atoms with Crippen LogP contribution in [0.15, 0.2) is 34.9 Å². The number of hydrogen-bond donors (Lipinski definition) is 1. The van der Waals surface area contributed by atoms with Crippen LogP contribution in [0, 0.1) is 5.92 Å². The van der Waals surface area contributed by atoms with Crippen LogP contribution in [0.4, 0.5) is 0 Å². The van der Waals surface area contributed by atoms with Gasteiger partial charge in [-0.15, -0.1) is 0 Å². The van der Waals surface area contributed by atoms with Gasteiger partial charge in [0.05, 0.1) is 16.4 Å². The fourth-order valence-electron chi connectivity index (χ4n) is 2.36. The summed E-state index contributed by atoms with van der Waals surface area (Å²) < 4.78 is 2.66. The number of benzene rings is 1. The normalized spacial score (nSPS) is 12.9. The third-order valence-electron chi connectivity index (χ3n) is 3.33. The van der Waals surface area contributed by atoms with Crippen LogP contribution >= 0.6 is 15.9 Å². The van der Waals surface area contributed by atoms with E-state index in [4.69, 9.17) is 0 Å². The van der Waals surface area contributed by atoms with Crippen molar-refractivity contribution in [1.82, 2.24) is 9.78 Å².